The molecule has 3 saturated carbocycles. The number of anilines is 4. The Bertz CT molecular complexity index is 1580. The molecule has 4 aromatic rings. The number of fused-ring (bicyclic) bond motifs is 1. The zero-order valence-electron chi connectivity index (χ0n) is 23.2. The Morgan fingerprint density at radius 1 is 1.18 bits per heavy atom. The van der Waals surface area contributed by atoms with Gasteiger partial charge in [0, 0.05) is 53.6 Å². The summed E-state index contributed by atoms with van der Waals surface area (Å²) >= 11 is 0. The highest BCUT2D eigenvalue weighted by Gasteiger charge is 2.58. The molecule has 9 nitrogen and oxygen atoms in total. The van der Waals surface area contributed by atoms with Crippen molar-refractivity contribution >= 4 is 39.8 Å². The maximum atomic E-state index is 12.2. The number of nitrogens with zero attached hydrogens (tertiary/aromatic N) is 4. The van der Waals surface area contributed by atoms with Crippen molar-refractivity contribution in [2.24, 2.45) is 5.92 Å². The lowest BCUT2D eigenvalue weighted by atomic mass is 9.49. The molecule has 0 radical (unpaired) electrons. The Morgan fingerprint density at radius 2 is 1.98 bits per heavy atom. The molecule has 0 atom stereocenters. The maximum Gasteiger partial charge on any atom is 0.247 e. The molecule has 3 aliphatic rings. The molecule has 2 bridgehead atoms. The van der Waals surface area contributed by atoms with E-state index >= 15 is 0 Å². The molecule has 9 heteroatoms. The van der Waals surface area contributed by atoms with E-state index in [0.717, 1.165) is 29.4 Å². The number of benzene rings is 2. The van der Waals surface area contributed by atoms with Gasteiger partial charge in [-0.3, -0.25) is 4.79 Å². The summed E-state index contributed by atoms with van der Waals surface area (Å²) < 4.78 is 8.18. The summed E-state index contributed by atoms with van der Waals surface area (Å²) in [7, 11) is 5.64. The zero-order valence-corrected chi connectivity index (χ0v) is 23.2. The molecule has 0 aliphatic heterocycles. The molecule has 0 unspecified atom stereocenters. The van der Waals surface area contributed by atoms with Crippen LogP contribution >= 0.6 is 0 Å². The molecule has 206 valence electrons. The summed E-state index contributed by atoms with van der Waals surface area (Å²) in [5.74, 6) is 1.63. The molecule has 40 heavy (non-hydrogen) atoms. The van der Waals surface area contributed by atoms with Crippen molar-refractivity contribution in [2.45, 2.75) is 24.8 Å². The van der Waals surface area contributed by atoms with E-state index in [1.807, 2.05) is 32.3 Å². The number of hydrogen-bond donors (Lipinski definition) is 3. The van der Waals surface area contributed by atoms with E-state index in [1.54, 1.807) is 13.3 Å². The van der Waals surface area contributed by atoms with Gasteiger partial charge in [0.2, 0.25) is 11.9 Å². The first-order valence-electron chi connectivity index (χ1n) is 13.6. The molecule has 2 heterocycles. The number of likely N-dealkylation sites (N-methyl/N-ethyl adjacent to an activating group) is 1. The van der Waals surface area contributed by atoms with Crippen LogP contribution in [0, 0.1) is 5.92 Å². The third-order valence-corrected chi connectivity index (χ3v) is 8.06. The SMILES string of the molecule is C=CC(=O)Nc1cc(Nc2nccc(-c3cn(C45CC(C4)C5)c4ccccc34)n2)c(OC)cc1NCCN(C)C. The topological polar surface area (TPSA) is 96.3 Å². The van der Waals surface area contributed by atoms with Gasteiger partial charge in [0.1, 0.15) is 5.75 Å². The minimum Gasteiger partial charge on any atom is -0.494 e. The molecule has 3 N–H and O–H groups in total. The first kappa shape index (κ1) is 25.9. The van der Waals surface area contributed by atoms with Crippen LogP contribution < -0.4 is 20.7 Å². The lowest BCUT2D eigenvalue weighted by molar-refractivity contribution is -0.111. The quantitative estimate of drug-likeness (QED) is 0.219. The van der Waals surface area contributed by atoms with Crippen molar-refractivity contribution < 1.29 is 9.53 Å². The first-order chi connectivity index (χ1) is 19.4. The minimum absolute atomic E-state index is 0.276. The lowest BCUT2D eigenvalue weighted by Crippen LogP contribution is -2.58. The molecule has 2 aromatic carbocycles. The number of carbonyl (C=O) groups is 1. The van der Waals surface area contributed by atoms with Gasteiger partial charge in [-0.1, -0.05) is 24.8 Å². The predicted molar refractivity (Wildman–Crippen MR) is 160 cm³/mol. The summed E-state index contributed by atoms with van der Waals surface area (Å²) in [5.41, 5.74) is 5.45. The highest BCUT2D eigenvalue weighted by molar-refractivity contribution is 6.02. The van der Waals surface area contributed by atoms with Crippen molar-refractivity contribution in [1.82, 2.24) is 19.4 Å². The van der Waals surface area contributed by atoms with Crippen LogP contribution in [0.2, 0.25) is 0 Å². The van der Waals surface area contributed by atoms with Gasteiger partial charge in [-0.15, -0.1) is 0 Å². The first-order valence-corrected chi connectivity index (χ1v) is 13.6. The third kappa shape index (κ3) is 4.66. The van der Waals surface area contributed by atoms with Crippen molar-refractivity contribution in [1.29, 1.82) is 0 Å². The second-order valence-electron chi connectivity index (χ2n) is 11.0. The van der Waals surface area contributed by atoms with Crippen molar-refractivity contribution in [3.05, 3.63) is 67.5 Å². The van der Waals surface area contributed by atoms with Crippen LogP contribution in [0.5, 0.6) is 5.75 Å². The van der Waals surface area contributed by atoms with Crippen molar-refractivity contribution in [3.63, 3.8) is 0 Å². The molecule has 2 aromatic heterocycles. The van der Waals surface area contributed by atoms with Crippen LogP contribution in [0.1, 0.15) is 19.3 Å². The summed E-state index contributed by atoms with van der Waals surface area (Å²) in [6.07, 6.45) is 9.09. The highest BCUT2D eigenvalue weighted by Crippen LogP contribution is 2.63. The van der Waals surface area contributed by atoms with E-state index in [2.05, 4.69) is 67.4 Å². The largest absolute Gasteiger partial charge is 0.494 e. The fourth-order valence-corrected chi connectivity index (χ4v) is 5.89. The number of aromatic nitrogens is 3. The van der Waals surface area contributed by atoms with Crippen LogP contribution in [-0.2, 0) is 10.3 Å². The van der Waals surface area contributed by atoms with Gasteiger partial charge in [0.05, 0.1) is 29.9 Å². The molecule has 3 aliphatic carbocycles. The zero-order chi connectivity index (χ0) is 27.9. The lowest BCUT2D eigenvalue weighted by Gasteiger charge is -2.62. The summed E-state index contributed by atoms with van der Waals surface area (Å²) in [6, 6.07) is 14.2. The van der Waals surface area contributed by atoms with Crippen molar-refractivity contribution in [2.75, 3.05) is 50.2 Å². The molecule has 1 amide bonds. The number of amides is 1. The fourth-order valence-electron chi connectivity index (χ4n) is 5.89. The van der Waals surface area contributed by atoms with Gasteiger partial charge in [0.15, 0.2) is 0 Å². The van der Waals surface area contributed by atoms with Crippen LogP contribution in [0.25, 0.3) is 22.2 Å². The number of ether oxygens (including phenoxy) is 1. The van der Waals surface area contributed by atoms with E-state index in [9.17, 15) is 4.79 Å². The normalized spacial score (nSPS) is 19.1. The van der Waals surface area contributed by atoms with E-state index in [-0.39, 0.29) is 11.4 Å². The second kappa shape index (κ2) is 10.3. The van der Waals surface area contributed by atoms with Crippen LogP contribution in [0.4, 0.5) is 23.0 Å². The van der Waals surface area contributed by atoms with Gasteiger partial charge in [0.25, 0.3) is 0 Å². The van der Waals surface area contributed by atoms with Crippen LogP contribution in [-0.4, -0.2) is 59.6 Å². The molecule has 0 spiro atoms. The number of methoxy groups -OCH3 is 1. The van der Waals surface area contributed by atoms with Crippen LogP contribution in [0.3, 0.4) is 0 Å². The van der Waals surface area contributed by atoms with E-state index in [4.69, 9.17) is 9.72 Å². The molecule has 3 fully saturated rings. The number of nitrogens with one attached hydrogen (secondary N) is 3. The van der Waals surface area contributed by atoms with E-state index < -0.39 is 0 Å². The monoisotopic (exact) mass is 537 g/mol. The second-order valence-corrected chi connectivity index (χ2v) is 11.0. The number of para-hydroxylation sites is 1. The Kier molecular flexibility index (Phi) is 6.67. The number of hydrogen-bond acceptors (Lipinski definition) is 7. The number of carbonyl (C=O) groups excluding carboxylic acids is 1. The van der Waals surface area contributed by atoms with Gasteiger partial charge in [-0.05, 0) is 63.6 Å². The third-order valence-electron chi connectivity index (χ3n) is 8.06. The smallest absolute Gasteiger partial charge is 0.247 e. The molecule has 7 rings (SSSR count). The predicted octanol–water partition coefficient (Wildman–Crippen LogP) is 5.46. The highest BCUT2D eigenvalue weighted by atomic mass is 16.5. The molecular formula is C31H35N7O2. The van der Waals surface area contributed by atoms with Gasteiger partial charge in [-0.25, -0.2) is 9.97 Å². The average Bonchev–Trinajstić information content (AvgIpc) is 3.27. The summed E-state index contributed by atoms with van der Waals surface area (Å²) in [5, 5.41) is 10.8. The van der Waals surface area contributed by atoms with Gasteiger partial charge >= 0.3 is 0 Å². The van der Waals surface area contributed by atoms with E-state index in [1.165, 1.54) is 36.2 Å². The van der Waals surface area contributed by atoms with Crippen molar-refractivity contribution in [3.8, 4) is 17.0 Å². The molecular weight excluding hydrogens is 502 g/mol. The Labute approximate surface area is 234 Å². The van der Waals surface area contributed by atoms with Gasteiger partial charge in [-0.2, -0.15) is 0 Å². The minimum atomic E-state index is -0.301. The van der Waals surface area contributed by atoms with Gasteiger partial charge < -0.3 is 30.2 Å². The average molecular weight is 538 g/mol. The number of rotatable bonds is 11. The maximum absolute atomic E-state index is 12.2. The Morgan fingerprint density at radius 3 is 2.67 bits per heavy atom. The fraction of sp³-hybridized carbons (Fsp3) is 0.323. The Hall–Kier alpha value is -4.37. The molecule has 0 saturated heterocycles. The van der Waals surface area contributed by atoms with E-state index in [0.29, 0.717) is 29.6 Å². The summed E-state index contributed by atoms with van der Waals surface area (Å²) in [4.78, 5) is 23.7. The standard InChI is InChI=1S/C31H35N7O2/c1-5-29(39)34-25-14-26(28(40-4)15-24(25)32-12-13-37(2)3)36-30-33-11-10-23(35-30)22-19-38(31-16-20(17-31)18-31)27-9-7-6-8-21(22)27/h5-11,14-15,19-20,32H,1,12-13,16-18H2,2-4H3,(H,34,39)(H,33,35,36). The van der Waals surface area contributed by atoms with Crippen LogP contribution in [0.15, 0.2) is 67.5 Å². The Balaban J connectivity index is 1.33. The summed E-state index contributed by atoms with van der Waals surface area (Å²) in [6.45, 7) is 5.11.